The normalized spacial score (nSPS) is 15.8. The summed E-state index contributed by atoms with van der Waals surface area (Å²) in [7, 11) is -11.6. The van der Waals surface area contributed by atoms with Crippen molar-refractivity contribution >= 4 is 56.3 Å². The van der Waals surface area contributed by atoms with E-state index in [9.17, 15) is 15.8 Å². The van der Waals surface area contributed by atoms with Crippen molar-refractivity contribution in [2.24, 2.45) is 0 Å². The van der Waals surface area contributed by atoms with Crippen molar-refractivity contribution in [3.63, 3.8) is 0 Å². The second-order valence-electron chi connectivity index (χ2n) is 11.5. The van der Waals surface area contributed by atoms with Crippen LogP contribution in [0.4, 0.5) is 0 Å². The average Bonchev–Trinajstić information content (AvgIpc) is 3.18. The van der Waals surface area contributed by atoms with E-state index in [1.807, 2.05) is 122 Å². The lowest BCUT2D eigenvalue weighted by molar-refractivity contribution is 0.608. The van der Waals surface area contributed by atoms with E-state index in [-0.39, 0.29) is 0 Å². The van der Waals surface area contributed by atoms with Crippen molar-refractivity contribution < 1.29 is 0 Å². The van der Waals surface area contributed by atoms with Crippen molar-refractivity contribution in [2.45, 2.75) is 0 Å². The van der Waals surface area contributed by atoms with Gasteiger partial charge in [0.1, 0.15) is 0 Å². The maximum absolute atomic E-state index is 11.8. The van der Waals surface area contributed by atoms with Gasteiger partial charge in [-0.25, -0.2) is 0 Å². The lowest BCUT2D eigenvalue weighted by Gasteiger charge is -2.66. The summed E-state index contributed by atoms with van der Waals surface area (Å²) in [4.78, 5) is 0. The van der Waals surface area contributed by atoms with E-state index in [4.69, 9.17) is 0 Å². The van der Waals surface area contributed by atoms with E-state index < -0.39 is 25.2 Å². The summed E-state index contributed by atoms with van der Waals surface area (Å²) >= 11 is 0. The number of rotatable bonds is 6. The molecule has 0 spiro atoms. The molecule has 1 saturated heterocycles. The zero-order chi connectivity index (χ0) is 33.0. The van der Waals surface area contributed by atoms with Crippen molar-refractivity contribution in [1.29, 1.82) is 15.8 Å². The van der Waals surface area contributed by atoms with Crippen molar-refractivity contribution in [2.75, 3.05) is 0 Å². The first kappa shape index (κ1) is 30.5. The second kappa shape index (κ2) is 12.6. The smallest absolute Gasteiger partial charge is 0.312 e. The van der Waals surface area contributed by atoms with Crippen molar-refractivity contribution in [3.8, 4) is 18.6 Å². The highest BCUT2D eigenvalue weighted by Crippen LogP contribution is 2.38. The standard InChI is InChI=1S/C39H30N6Si3/c40-31-43-46(34-19-7-1-8-20-34,35-21-9-2-10-22-35)44(32-41)48(38-27-15-5-16-28-38,39-29-17-6-18-30-39)45(33-42)47(43,36-23-11-3-12-24-36)37-25-13-4-14-26-37/h1-30H. The van der Waals surface area contributed by atoms with E-state index in [0.29, 0.717) is 0 Å². The highest BCUT2D eigenvalue weighted by atomic mass is 28.5. The summed E-state index contributed by atoms with van der Waals surface area (Å²) < 4.78 is 5.87. The van der Waals surface area contributed by atoms with Gasteiger partial charge in [0.05, 0.1) is 0 Å². The van der Waals surface area contributed by atoms with Gasteiger partial charge in [-0.2, -0.15) is 15.8 Å². The van der Waals surface area contributed by atoms with Gasteiger partial charge in [0, 0.05) is 0 Å². The summed E-state index contributed by atoms with van der Waals surface area (Å²) in [5, 5.41) is 40.9. The third-order valence-corrected chi connectivity index (χ3v) is 26.4. The first-order valence-corrected chi connectivity index (χ1v) is 21.3. The van der Waals surface area contributed by atoms with Crippen LogP contribution in [0.2, 0.25) is 0 Å². The van der Waals surface area contributed by atoms with Gasteiger partial charge in [-0.05, 0) is 31.1 Å². The minimum atomic E-state index is -3.88. The van der Waals surface area contributed by atoms with Gasteiger partial charge in [0.15, 0.2) is 18.6 Å². The molecule has 7 rings (SSSR count). The Labute approximate surface area is 284 Å². The highest BCUT2D eigenvalue weighted by Gasteiger charge is 2.76. The Hall–Kier alpha value is -6.16. The molecule has 0 aliphatic carbocycles. The third kappa shape index (κ3) is 4.18. The predicted molar refractivity (Wildman–Crippen MR) is 196 cm³/mol. The van der Waals surface area contributed by atoms with Crippen LogP contribution in [0.5, 0.6) is 0 Å². The first-order valence-electron chi connectivity index (χ1n) is 15.6. The summed E-state index contributed by atoms with van der Waals surface area (Å²) in [5.74, 6) is 0. The average molecular weight is 667 g/mol. The fourth-order valence-electron chi connectivity index (χ4n) is 7.51. The molecule has 1 aliphatic heterocycles. The van der Waals surface area contributed by atoms with E-state index in [0.717, 1.165) is 31.1 Å². The maximum atomic E-state index is 11.8. The molecule has 6 aromatic carbocycles. The zero-order valence-corrected chi connectivity index (χ0v) is 29.0. The van der Waals surface area contributed by atoms with Gasteiger partial charge in [-0.15, -0.1) is 0 Å². The van der Waals surface area contributed by atoms with Gasteiger partial charge < -0.3 is 12.7 Å². The number of hydrogen-bond acceptors (Lipinski definition) is 6. The topological polar surface area (TPSA) is 81.1 Å². The number of benzene rings is 6. The molecule has 0 amide bonds. The highest BCUT2D eigenvalue weighted by molar-refractivity contribution is 7.25. The van der Waals surface area contributed by atoms with Crippen molar-refractivity contribution in [1.82, 2.24) is 12.7 Å². The molecule has 0 aromatic heterocycles. The molecule has 9 heteroatoms. The first-order chi connectivity index (χ1) is 23.7. The van der Waals surface area contributed by atoms with Gasteiger partial charge in [0.25, 0.3) is 0 Å². The number of nitriles is 3. The fraction of sp³-hybridized carbons (Fsp3) is 0. The molecule has 0 N–H and O–H groups in total. The van der Waals surface area contributed by atoms with Crippen LogP contribution >= 0.6 is 0 Å². The Kier molecular flexibility index (Phi) is 7.98. The molecule has 1 aliphatic rings. The van der Waals surface area contributed by atoms with Gasteiger partial charge in [0.2, 0.25) is 0 Å². The van der Waals surface area contributed by atoms with Gasteiger partial charge in [-0.1, -0.05) is 182 Å². The molecule has 0 atom stereocenters. The monoisotopic (exact) mass is 666 g/mol. The molecular weight excluding hydrogens is 637 g/mol. The summed E-state index contributed by atoms with van der Waals surface area (Å²) in [6.07, 6.45) is 8.23. The van der Waals surface area contributed by atoms with E-state index in [1.165, 1.54) is 0 Å². The lowest BCUT2D eigenvalue weighted by Crippen LogP contribution is -3.04. The molecule has 0 radical (unpaired) electrons. The third-order valence-electron chi connectivity index (χ3n) is 9.30. The van der Waals surface area contributed by atoms with Crippen LogP contribution in [0, 0.1) is 34.4 Å². The van der Waals surface area contributed by atoms with Crippen LogP contribution in [0.3, 0.4) is 0 Å². The molecule has 1 fully saturated rings. The summed E-state index contributed by atoms with van der Waals surface area (Å²) in [6.45, 7) is 0. The van der Waals surface area contributed by atoms with Crippen LogP contribution in [0.15, 0.2) is 182 Å². The van der Waals surface area contributed by atoms with Crippen LogP contribution in [-0.2, 0) is 0 Å². The van der Waals surface area contributed by atoms with E-state index in [2.05, 4.69) is 91.4 Å². The Balaban J connectivity index is 1.83. The molecule has 48 heavy (non-hydrogen) atoms. The number of nitrogens with zero attached hydrogens (tertiary/aromatic N) is 6. The molecule has 0 unspecified atom stereocenters. The molecule has 228 valence electrons. The largest absolute Gasteiger partial charge is 0.336 e. The minimum absolute atomic E-state index is 0.893. The SMILES string of the molecule is N#CN1[Si](c2ccccc2)(c2ccccc2)N(C#N)[Si](c2ccccc2)(c2ccccc2)N(C#N)[Si]1(c1ccccc1)c1ccccc1. The predicted octanol–water partition coefficient (Wildman–Crippen LogP) is 3.12. The molecule has 0 saturated carbocycles. The van der Waals surface area contributed by atoms with Gasteiger partial charge >= 0.3 is 25.2 Å². The second-order valence-corrected chi connectivity index (χ2v) is 23.0. The molecular formula is C39H30N6Si3. The molecule has 6 aromatic rings. The van der Waals surface area contributed by atoms with Crippen LogP contribution < -0.4 is 31.1 Å². The van der Waals surface area contributed by atoms with Gasteiger partial charge in [-0.3, -0.25) is 0 Å². The van der Waals surface area contributed by atoms with E-state index >= 15 is 0 Å². The Morgan fingerprint density at radius 3 is 0.542 bits per heavy atom. The van der Waals surface area contributed by atoms with Crippen LogP contribution in [-0.4, -0.2) is 37.9 Å². The summed E-state index contributed by atoms with van der Waals surface area (Å²) in [6, 6.07) is 60.3. The van der Waals surface area contributed by atoms with E-state index in [1.54, 1.807) is 0 Å². The fourth-order valence-corrected chi connectivity index (χ4v) is 30.0. The maximum Gasteiger partial charge on any atom is 0.336 e. The summed E-state index contributed by atoms with van der Waals surface area (Å²) in [5.41, 5.74) is 0. The zero-order valence-electron chi connectivity index (χ0n) is 26.0. The Morgan fingerprint density at radius 2 is 0.417 bits per heavy atom. The number of hydrogen-bond donors (Lipinski definition) is 0. The Morgan fingerprint density at radius 1 is 0.271 bits per heavy atom. The lowest BCUT2D eigenvalue weighted by atomic mass is 10.4. The molecule has 0 bridgehead atoms. The molecule has 6 nitrogen and oxygen atoms in total. The van der Waals surface area contributed by atoms with Crippen molar-refractivity contribution in [3.05, 3.63) is 182 Å². The van der Waals surface area contributed by atoms with Crippen LogP contribution in [0.25, 0.3) is 0 Å². The quantitative estimate of drug-likeness (QED) is 0.201. The minimum Gasteiger partial charge on any atom is -0.312 e. The Bertz CT molecular complexity index is 1750. The van der Waals surface area contributed by atoms with Crippen LogP contribution in [0.1, 0.15) is 0 Å². The molecule has 1 heterocycles.